The number of hydrogen-bond acceptors (Lipinski definition) is 3. The second-order valence-corrected chi connectivity index (χ2v) is 4.87. The van der Waals surface area contributed by atoms with Crippen molar-refractivity contribution in [3.63, 3.8) is 0 Å². The third kappa shape index (κ3) is 3.19. The van der Waals surface area contributed by atoms with Crippen molar-refractivity contribution in [2.24, 2.45) is 5.73 Å². The lowest BCUT2D eigenvalue weighted by Gasteiger charge is -2.40. The van der Waals surface area contributed by atoms with Crippen LogP contribution >= 0.6 is 0 Å². The van der Waals surface area contributed by atoms with Gasteiger partial charge in [-0.3, -0.25) is 9.69 Å². The largest absolute Gasteiger partial charge is 0.358 e. The van der Waals surface area contributed by atoms with E-state index in [1.165, 1.54) is 25.7 Å². The summed E-state index contributed by atoms with van der Waals surface area (Å²) in [6.07, 6.45) is 7.31. The zero-order valence-electron chi connectivity index (χ0n) is 10.6. The van der Waals surface area contributed by atoms with Gasteiger partial charge in [0.15, 0.2) is 0 Å². The normalized spacial score (nSPS) is 20.5. The van der Waals surface area contributed by atoms with E-state index in [0.29, 0.717) is 13.1 Å². The summed E-state index contributed by atoms with van der Waals surface area (Å²) in [4.78, 5) is 13.6. The fraction of sp³-hybridized carbons (Fsp3) is 0.917. The number of nitrogens with one attached hydrogen (secondary N) is 1. The van der Waals surface area contributed by atoms with Crippen LogP contribution in [-0.4, -0.2) is 43.5 Å². The Morgan fingerprint density at radius 2 is 1.88 bits per heavy atom. The van der Waals surface area contributed by atoms with Crippen LogP contribution in [0.25, 0.3) is 0 Å². The quantitative estimate of drug-likeness (QED) is 0.696. The lowest BCUT2D eigenvalue weighted by molar-refractivity contribution is -0.123. The molecule has 16 heavy (non-hydrogen) atoms. The Balaban J connectivity index is 2.65. The van der Waals surface area contributed by atoms with Crippen molar-refractivity contribution in [1.82, 2.24) is 10.2 Å². The minimum Gasteiger partial charge on any atom is -0.358 e. The summed E-state index contributed by atoms with van der Waals surface area (Å²) < 4.78 is 0. The topological polar surface area (TPSA) is 58.4 Å². The molecule has 1 aliphatic carbocycles. The van der Waals surface area contributed by atoms with Crippen molar-refractivity contribution in [3.05, 3.63) is 0 Å². The van der Waals surface area contributed by atoms with Gasteiger partial charge in [-0.25, -0.2) is 0 Å². The highest BCUT2D eigenvalue weighted by atomic mass is 16.1. The second-order valence-electron chi connectivity index (χ2n) is 4.87. The molecule has 0 aromatic rings. The van der Waals surface area contributed by atoms with Crippen molar-refractivity contribution in [2.75, 3.05) is 27.2 Å². The molecule has 94 valence electrons. The Hall–Kier alpha value is -0.610. The van der Waals surface area contributed by atoms with Gasteiger partial charge < -0.3 is 11.1 Å². The van der Waals surface area contributed by atoms with Crippen molar-refractivity contribution in [1.29, 1.82) is 0 Å². The smallest absolute Gasteiger partial charge is 0.233 e. The molecule has 0 aromatic carbocycles. The molecule has 4 heteroatoms. The van der Waals surface area contributed by atoms with Crippen LogP contribution in [0.15, 0.2) is 0 Å². The van der Waals surface area contributed by atoms with Crippen LogP contribution in [0.5, 0.6) is 0 Å². The summed E-state index contributed by atoms with van der Waals surface area (Å²) in [6, 6.07) is 0. The summed E-state index contributed by atoms with van der Waals surface area (Å²) in [5.74, 6) is 0.0690. The van der Waals surface area contributed by atoms with Gasteiger partial charge in [0.25, 0.3) is 0 Å². The molecule has 1 saturated carbocycles. The van der Waals surface area contributed by atoms with Crippen molar-refractivity contribution in [3.8, 4) is 0 Å². The van der Waals surface area contributed by atoms with Gasteiger partial charge in [0, 0.05) is 19.1 Å². The van der Waals surface area contributed by atoms with Crippen LogP contribution in [0, 0.1) is 0 Å². The highest BCUT2D eigenvalue weighted by Gasteiger charge is 2.34. The Morgan fingerprint density at radius 1 is 1.31 bits per heavy atom. The number of likely N-dealkylation sites (N-methyl/N-ethyl adjacent to an activating group) is 2. The van der Waals surface area contributed by atoms with Crippen LogP contribution in [0.4, 0.5) is 0 Å². The van der Waals surface area contributed by atoms with Gasteiger partial charge in [0.05, 0.1) is 6.54 Å². The van der Waals surface area contributed by atoms with E-state index in [4.69, 9.17) is 5.73 Å². The maximum absolute atomic E-state index is 11.4. The van der Waals surface area contributed by atoms with E-state index in [1.54, 1.807) is 7.05 Å². The zero-order chi connectivity index (χ0) is 12.0. The monoisotopic (exact) mass is 227 g/mol. The third-order valence-corrected chi connectivity index (χ3v) is 3.88. The van der Waals surface area contributed by atoms with Crippen molar-refractivity contribution < 1.29 is 4.79 Å². The van der Waals surface area contributed by atoms with E-state index in [-0.39, 0.29) is 11.4 Å². The van der Waals surface area contributed by atoms with E-state index in [1.807, 2.05) is 7.05 Å². The van der Waals surface area contributed by atoms with Gasteiger partial charge in [-0.2, -0.15) is 0 Å². The average molecular weight is 227 g/mol. The summed E-state index contributed by atoms with van der Waals surface area (Å²) in [7, 11) is 3.70. The number of nitrogens with zero attached hydrogens (tertiary/aromatic N) is 1. The van der Waals surface area contributed by atoms with Gasteiger partial charge in [-0.1, -0.05) is 25.7 Å². The number of carbonyl (C=O) groups excluding carboxylic acids is 1. The first-order chi connectivity index (χ1) is 7.64. The van der Waals surface area contributed by atoms with Gasteiger partial charge in [-0.05, 0) is 19.9 Å². The van der Waals surface area contributed by atoms with E-state index >= 15 is 0 Å². The highest BCUT2D eigenvalue weighted by molar-refractivity contribution is 5.77. The third-order valence-electron chi connectivity index (χ3n) is 3.88. The zero-order valence-corrected chi connectivity index (χ0v) is 10.6. The van der Waals surface area contributed by atoms with E-state index in [9.17, 15) is 4.79 Å². The Morgan fingerprint density at radius 3 is 2.31 bits per heavy atom. The maximum Gasteiger partial charge on any atom is 0.233 e. The first kappa shape index (κ1) is 13.5. The summed E-state index contributed by atoms with van der Waals surface area (Å²) in [5.41, 5.74) is 6.00. The molecule has 1 amide bonds. The molecule has 0 saturated heterocycles. The van der Waals surface area contributed by atoms with Crippen molar-refractivity contribution >= 4 is 5.91 Å². The standard InChI is InChI=1S/C12H25N3O/c1-14-11(16)9-15(2)12(10-13)7-5-3-4-6-8-12/h3-10,13H2,1-2H3,(H,14,16). The Labute approximate surface area is 98.6 Å². The van der Waals surface area contributed by atoms with Crippen molar-refractivity contribution in [2.45, 2.75) is 44.1 Å². The minimum atomic E-state index is 0.0447. The molecule has 0 aliphatic heterocycles. The Bertz CT molecular complexity index is 222. The van der Waals surface area contributed by atoms with E-state index in [0.717, 1.165) is 12.8 Å². The van der Waals surface area contributed by atoms with Crippen LogP contribution in [-0.2, 0) is 4.79 Å². The highest BCUT2D eigenvalue weighted by Crippen LogP contribution is 2.30. The average Bonchev–Trinajstić information content (AvgIpc) is 2.54. The summed E-state index contributed by atoms with van der Waals surface area (Å²) >= 11 is 0. The molecule has 0 radical (unpaired) electrons. The van der Waals surface area contributed by atoms with Gasteiger partial charge in [0.2, 0.25) is 5.91 Å². The van der Waals surface area contributed by atoms with E-state index < -0.39 is 0 Å². The SMILES string of the molecule is CNC(=O)CN(C)C1(CN)CCCCCC1. The number of carbonyl (C=O) groups is 1. The molecule has 0 unspecified atom stereocenters. The lowest BCUT2D eigenvalue weighted by atomic mass is 9.88. The fourth-order valence-electron chi connectivity index (χ4n) is 2.59. The molecule has 1 rings (SSSR count). The molecule has 0 aromatic heterocycles. The molecular formula is C12H25N3O. The van der Waals surface area contributed by atoms with Crippen LogP contribution in [0.3, 0.4) is 0 Å². The summed E-state index contributed by atoms with van der Waals surface area (Å²) in [5, 5.41) is 2.67. The van der Waals surface area contributed by atoms with Crippen LogP contribution in [0.2, 0.25) is 0 Å². The maximum atomic E-state index is 11.4. The van der Waals surface area contributed by atoms with E-state index in [2.05, 4.69) is 10.2 Å². The first-order valence-corrected chi connectivity index (χ1v) is 6.26. The van der Waals surface area contributed by atoms with Crippen LogP contribution < -0.4 is 11.1 Å². The number of amides is 1. The first-order valence-electron chi connectivity index (χ1n) is 6.26. The molecule has 1 fully saturated rings. The Kier molecular flexibility index (Phi) is 5.22. The predicted molar refractivity (Wildman–Crippen MR) is 66.2 cm³/mol. The minimum absolute atomic E-state index is 0.0447. The molecule has 1 aliphatic rings. The van der Waals surface area contributed by atoms with Crippen LogP contribution in [0.1, 0.15) is 38.5 Å². The second kappa shape index (κ2) is 6.21. The molecule has 0 spiro atoms. The van der Waals surface area contributed by atoms with Gasteiger partial charge in [0.1, 0.15) is 0 Å². The molecular weight excluding hydrogens is 202 g/mol. The van der Waals surface area contributed by atoms with Gasteiger partial charge in [-0.15, -0.1) is 0 Å². The number of hydrogen-bond donors (Lipinski definition) is 2. The van der Waals surface area contributed by atoms with Gasteiger partial charge >= 0.3 is 0 Å². The number of nitrogens with two attached hydrogens (primary N) is 1. The summed E-state index contributed by atoms with van der Waals surface area (Å²) in [6.45, 7) is 1.11. The number of rotatable bonds is 4. The predicted octanol–water partition coefficient (Wildman–Crippen LogP) is 0.716. The molecule has 0 heterocycles. The fourth-order valence-corrected chi connectivity index (χ4v) is 2.59. The lowest BCUT2D eigenvalue weighted by Crippen LogP contribution is -2.54. The molecule has 0 bridgehead atoms. The molecule has 4 nitrogen and oxygen atoms in total. The molecule has 3 N–H and O–H groups in total. The molecule has 0 atom stereocenters.